The SMILES string of the molecule is O=C(O)CS.[CH3][Sn][CH3]. The summed E-state index contributed by atoms with van der Waals surface area (Å²) in [5, 5.41) is 7.65. The van der Waals surface area contributed by atoms with Crippen LogP contribution in [0.4, 0.5) is 0 Å². The van der Waals surface area contributed by atoms with E-state index >= 15 is 0 Å². The summed E-state index contributed by atoms with van der Waals surface area (Å²) in [7, 11) is 0. The average molecular weight is 241 g/mol. The molecule has 0 aromatic carbocycles. The quantitative estimate of drug-likeness (QED) is 0.526. The number of hydrogen-bond acceptors (Lipinski definition) is 2. The van der Waals surface area contributed by atoms with E-state index in [2.05, 4.69) is 22.5 Å². The Balaban J connectivity index is 0. The molecular formula is C4H10O2SSn. The normalized spacial score (nSPS) is 6.88. The zero-order chi connectivity index (χ0) is 6.99. The van der Waals surface area contributed by atoms with Crippen LogP contribution in [0.2, 0.25) is 9.88 Å². The van der Waals surface area contributed by atoms with Gasteiger partial charge in [0.25, 0.3) is 0 Å². The number of carboxylic acid groups (broad SMARTS) is 1. The molecule has 0 rings (SSSR count). The summed E-state index contributed by atoms with van der Waals surface area (Å²) in [4.78, 5) is 13.9. The Morgan fingerprint density at radius 3 is 1.88 bits per heavy atom. The maximum atomic E-state index is 9.29. The Bertz CT molecular complexity index is 58.0. The van der Waals surface area contributed by atoms with Gasteiger partial charge in [-0.3, -0.25) is 4.79 Å². The monoisotopic (exact) mass is 242 g/mol. The van der Waals surface area contributed by atoms with Crippen LogP contribution in [0.3, 0.4) is 0 Å². The van der Waals surface area contributed by atoms with Crippen molar-refractivity contribution in [2.45, 2.75) is 9.88 Å². The average Bonchev–Trinajstić information content (AvgIpc) is 1.69. The van der Waals surface area contributed by atoms with E-state index < -0.39 is 5.97 Å². The number of carboxylic acids is 1. The van der Waals surface area contributed by atoms with E-state index in [-0.39, 0.29) is 26.9 Å². The van der Waals surface area contributed by atoms with Gasteiger partial charge in [-0.2, -0.15) is 12.6 Å². The molecule has 8 heavy (non-hydrogen) atoms. The molecule has 48 valence electrons. The molecule has 0 aliphatic rings. The summed E-state index contributed by atoms with van der Waals surface area (Å²) in [6.45, 7) is 0. The van der Waals surface area contributed by atoms with Crippen LogP contribution < -0.4 is 0 Å². The van der Waals surface area contributed by atoms with E-state index in [1.807, 2.05) is 0 Å². The van der Waals surface area contributed by atoms with Crippen molar-refractivity contribution in [3.63, 3.8) is 0 Å². The number of carbonyl (C=O) groups is 1. The van der Waals surface area contributed by atoms with E-state index in [0.717, 1.165) is 0 Å². The first-order valence-corrected chi connectivity index (χ1v) is 8.44. The Hall–Kier alpha value is 0.619. The van der Waals surface area contributed by atoms with E-state index in [4.69, 9.17) is 5.11 Å². The van der Waals surface area contributed by atoms with Crippen molar-refractivity contribution in [2.75, 3.05) is 5.75 Å². The van der Waals surface area contributed by atoms with Gasteiger partial charge in [0, 0.05) is 0 Å². The molecule has 2 radical (unpaired) electrons. The summed E-state index contributed by atoms with van der Waals surface area (Å²) in [5.74, 6) is -0.965. The molecular weight excluding hydrogens is 231 g/mol. The standard InChI is InChI=1S/C2H4O2S.2CH3.Sn/c3-2(4)1-5;;;/h5H,1H2,(H,3,4);2*1H3;. The van der Waals surface area contributed by atoms with Gasteiger partial charge < -0.3 is 5.11 Å². The second-order valence-corrected chi connectivity index (χ2v) is 4.22. The van der Waals surface area contributed by atoms with Gasteiger partial charge >= 0.3 is 37.0 Å². The summed E-state index contributed by atoms with van der Waals surface area (Å²) < 4.78 is 0. The van der Waals surface area contributed by atoms with Crippen molar-refractivity contribution >= 4 is 39.7 Å². The molecule has 1 N–H and O–H groups in total. The fourth-order valence-corrected chi connectivity index (χ4v) is 0. The van der Waals surface area contributed by atoms with Gasteiger partial charge in [0.15, 0.2) is 0 Å². The molecule has 0 aromatic heterocycles. The Kier molecular flexibility index (Phi) is 15.1. The first-order valence-electron chi connectivity index (χ1n) is 2.10. The number of aliphatic carboxylic acids is 1. The molecule has 4 heteroatoms. The van der Waals surface area contributed by atoms with Crippen molar-refractivity contribution in [2.24, 2.45) is 0 Å². The van der Waals surface area contributed by atoms with E-state index in [1.165, 1.54) is 0 Å². The van der Waals surface area contributed by atoms with Crippen molar-refractivity contribution in [1.29, 1.82) is 0 Å². The predicted molar refractivity (Wildman–Crippen MR) is 39.0 cm³/mol. The van der Waals surface area contributed by atoms with Gasteiger partial charge in [-0.25, -0.2) is 0 Å². The van der Waals surface area contributed by atoms with Crippen LogP contribution in [0.5, 0.6) is 0 Å². The predicted octanol–water partition coefficient (Wildman–Crippen LogP) is 0.788. The topological polar surface area (TPSA) is 37.3 Å². The molecule has 0 spiro atoms. The van der Waals surface area contributed by atoms with Gasteiger partial charge in [-0.05, 0) is 0 Å². The van der Waals surface area contributed by atoms with Crippen molar-refractivity contribution in [1.82, 2.24) is 0 Å². The molecule has 2 nitrogen and oxygen atoms in total. The van der Waals surface area contributed by atoms with Crippen LogP contribution in [0.15, 0.2) is 0 Å². The van der Waals surface area contributed by atoms with Gasteiger partial charge in [0.1, 0.15) is 0 Å². The number of thiol groups is 1. The minimum atomic E-state index is -0.881. The van der Waals surface area contributed by atoms with E-state index in [9.17, 15) is 4.79 Å². The van der Waals surface area contributed by atoms with Gasteiger partial charge in [-0.1, -0.05) is 0 Å². The van der Waals surface area contributed by atoms with Crippen LogP contribution in [0.1, 0.15) is 0 Å². The Labute approximate surface area is 65.3 Å². The number of hydrogen-bond donors (Lipinski definition) is 2. The second-order valence-electron chi connectivity index (χ2n) is 1.05. The van der Waals surface area contributed by atoms with Crippen LogP contribution >= 0.6 is 12.6 Å². The number of rotatable bonds is 1. The molecule has 0 aromatic rings. The fourth-order valence-electron chi connectivity index (χ4n) is 0. The molecule has 0 saturated heterocycles. The van der Waals surface area contributed by atoms with Crippen LogP contribution in [0.25, 0.3) is 0 Å². The molecule has 0 unspecified atom stereocenters. The molecule has 0 atom stereocenters. The summed E-state index contributed by atoms with van der Waals surface area (Å²) >= 11 is 3.65. The molecule has 0 fully saturated rings. The van der Waals surface area contributed by atoms with Gasteiger partial charge in [0.2, 0.25) is 0 Å². The molecule has 0 bridgehead atoms. The van der Waals surface area contributed by atoms with Crippen LogP contribution in [-0.2, 0) is 4.79 Å². The van der Waals surface area contributed by atoms with E-state index in [0.29, 0.717) is 0 Å². The van der Waals surface area contributed by atoms with Crippen LogP contribution in [0, 0.1) is 0 Å². The Morgan fingerprint density at radius 2 is 1.88 bits per heavy atom. The third-order valence-corrected chi connectivity index (χ3v) is 0.406. The van der Waals surface area contributed by atoms with Crippen molar-refractivity contribution in [3.8, 4) is 0 Å². The Morgan fingerprint density at radius 1 is 1.75 bits per heavy atom. The molecule has 0 aliphatic carbocycles. The first kappa shape index (κ1) is 11.4. The molecule has 0 saturated carbocycles. The van der Waals surface area contributed by atoms with Crippen LogP contribution in [-0.4, -0.2) is 38.0 Å². The maximum absolute atomic E-state index is 9.29. The zero-order valence-electron chi connectivity index (χ0n) is 5.01. The minimum absolute atomic E-state index is 0.0833. The summed E-state index contributed by atoms with van der Waals surface area (Å²) in [5.41, 5.74) is 0. The summed E-state index contributed by atoms with van der Waals surface area (Å²) in [6.07, 6.45) is 0. The molecule has 0 heterocycles. The first-order chi connectivity index (χ1) is 3.68. The van der Waals surface area contributed by atoms with E-state index in [1.54, 1.807) is 0 Å². The second kappa shape index (κ2) is 10.6. The van der Waals surface area contributed by atoms with Crippen molar-refractivity contribution in [3.05, 3.63) is 0 Å². The zero-order valence-corrected chi connectivity index (χ0v) is 8.76. The third kappa shape index (κ3) is 30.5. The van der Waals surface area contributed by atoms with Crippen molar-refractivity contribution < 1.29 is 9.90 Å². The molecule has 0 amide bonds. The summed E-state index contributed by atoms with van der Waals surface area (Å²) in [6, 6.07) is 0. The van der Waals surface area contributed by atoms with Gasteiger partial charge in [0.05, 0.1) is 5.75 Å². The third-order valence-electron chi connectivity index (χ3n) is 0.135. The van der Waals surface area contributed by atoms with Gasteiger partial charge in [-0.15, -0.1) is 0 Å². The fraction of sp³-hybridized carbons (Fsp3) is 0.750. The molecule has 0 aliphatic heterocycles.